The van der Waals surface area contributed by atoms with Crippen LogP contribution in [0.15, 0.2) is 42.5 Å². The van der Waals surface area contributed by atoms with Crippen molar-refractivity contribution in [3.8, 4) is 16.9 Å². The molecule has 17 nitrogen and oxygen atoms in total. The average molecular weight is 768 g/mol. The molecule has 6 atom stereocenters. The Balaban J connectivity index is 1.71. The fraction of sp³-hybridized carbons (Fsp3) is 0.553. The lowest BCUT2D eigenvalue weighted by Crippen LogP contribution is -2.57. The molecule has 0 saturated carbocycles. The Labute approximate surface area is 322 Å². The van der Waals surface area contributed by atoms with Gasteiger partial charge in [0.2, 0.25) is 29.5 Å². The van der Waals surface area contributed by atoms with Crippen LogP contribution in [0.3, 0.4) is 0 Å². The standard InChI is InChI=1S/C38H61N11O6/c39-13-2-7-27(42)22-46-35(52)29(43)8-4-16-45-34(51)21-28(12-15-41)47-38(55)32-18-23-5-1-6-24(17-23)25-10-11-33(50)26(19-25)20-30(44)36(53)48-31(9-3-14-40)37(54)49-32/h1,5-6,10-11,17,19,27-32,50H,2-4,7-9,12-16,18,20-22,39-44H2,(H,45,51)(H,46,52)(H,47,55)(H,48,53)(H,49,54)/t27-,28?,29-,30-,31-,32-/m0/s1. The van der Waals surface area contributed by atoms with Gasteiger partial charge in [0.25, 0.3) is 0 Å². The summed E-state index contributed by atoms with van der Waals surface area (Å²) in [7, 11) is 0. The van der Waals surface area contributed by atoms with Crippen molar-refractivity contribution < 1.29 is 29.1 Å². The first kappa shape index (κ1) is 44.7. The Morgan fingerprint density at radius 1 is 0.836 bits per heavy atom. The third kappa shape index (κ3) is 15.2. The number of amides is 5. The number of fused-ring (bicyclic) bond motifs is 5. The predicted octanol–water partition coefficient (Wildman–Crippen LogP) is -2.18. The van der Waals surface area contributed by atoms with Crippen LogP contribution in [0.25, 0.3) is 11.1 Å². The summed E-state index contributed by atoms with van der Waals surface area (Å²) in [6, 6.07) is 7.62. The zero-order valence-corrected chi connectivity index (χ0v) is 31.6. The van der Waals surface area contributed by atoms with Crippen LogP contribution in [0.1, 0.15) is 62.5 Å². The van der Waals surface area contributed by atoms with Crippen LogP contribution >= 0.6 is 0 Å². The van der Waals surface area contributed by atoms with Gasteiger partial charge in [0.05, 0.1) is 12.1 Å². The predicted molar refractivity (Wildman–Crippen MR) is 211 cm³/mol. The van der Waals surface area contributed by atoms with Crippen molar-refractivity contribution in [3.63, 3.8) is 0 Å². The van der Waals surface area contributed by atoms with Crippen molar-refractivity contribution in [2.45, 2.75) is 100 Å². The zero-order chi connectivity index (χ0) is 40.3. The highest BCUT2D eigenvalue weighted by atomic mass is 16.3. The minimum Gasteiger partial charge on any atom is -0.508 e. The van der Waals surface area contributed by atoms with Crippen molar-refractivity contribution in [1.29, 1.82) is 0 Å². The first-order valence-electron chi connectivity index (χ1n) is 19.1. The molecule has 2 aromatic carbocycles. The number of rotatable bonds is 19. The summed E-state index contributed by atoms with van der Waals surface area (Å²) >= 11 is 0. The van der Waals surface area contributed by atoms with Crippen LogP contribution in [-0.4, -0.2) is 104 Å². The summed E-state index contributed by atoms with van der Waals surface area (Å²) in [5.74, 6) is -2.41. The van der Waals surface area contributed by atoms with Gasteiger partial charge in [-0.05, 0) is 99.0 Å². The number of nitrogens with one attached hydrogen (secondary N) is 5. The fourth-order valence-electron chi connectivity index (χ4n) is 6.27. The van der Waals surface area contributed by atoms with Gasteiger partial charge in [-0.2, -0.15) is 0 Å². The van der Waals surface area contributed by atoms with Gasteiger partial charge >= 0.3 is 0 Å². The number of phenolic OH excluding ortho intramolecular Hbond substituents is 1. The molecule has 0 aromatic heterocycles. The van der Waals surface area contributed by atoms with Gasteiger partial charge in [-0.1, -0.05) is 30.3 Å². The smallest absolute Gasteiger partial charge is 0.243 e. The molecule has 0 saturated heterocycles. The minimum absolute atomic E-state index is 0.0117. The van der Waals surface area contributed by atoms with E-state index in [-0.39, 0.29) is 75.3 Å². The highest BCUT2D eigenvalue weighted by molar-refractivity contribution is 5.93. The number of phenols is 1. The fourth-order valence-corrected chi connectivity index (χ4v) is 6.27. The van der Waals surface area contributed by atoms with Crippen LogP contribution in [0.2, 0.25) is 0 Å². The summed E-state index contributed by atoms with van der Waals surface area (Å²) < 4.78 is 0. The monoisotopic (exact) mass is 767 g/mol. The van der Waals surface area contributed by atoms with E-state index in [9.17, 15) is 29.1 Å². The molecular weight excluding hydrogens is 706 g/mol. The quantitative estimate of drug-likeness (QED) is 0.0680. The molecule has 0 fully saturated rings. The molecule has 5 amide bonds. The number of carbonyl (C=O) groups is 5. The van der Waals surface area contributed by atoms with E-state index in [1.807, 2.05) is 24.3 Å². The number of hydrogen-bond acceptors (Lipinski definition) is 12. The highest BCUT2D eigenvalue weighted by Crippen LogP contribution is 2.28. The molecule has 1 unspecified atom stereocenters. The summed E-state index contributed by atoms with van der Waals surface area (Å²) in [5, 5.41) is 24.5. The van der Waals surface area contributed by atoms with Crippen LogP contribution < -0.4 is 61.0 Å². The lowest BCUT2D eigenvalue weighted by molar-refractivity contribution is -0.133. The average Bonchev–Trinajstić information content (AvgIpc) is 3.16. The maximum absolute atomic E-state index is 13.9. The Morgan fingerprint density at radius 2 is 1.58 bits per heavy atom. The molecule has 1 heterocycles. The topological polar surface area (TPSA) is 322 Å². The molecule has 4 bridgehead atoms. The van der Waals surface area contributed by atoms with Gasteiger partial charge in [0, 0.05) is 44.4 Å². The molecular formula is C38H61N11O6. The maximum atomic E-state index is 13.9. The van der Waals surface area contributed by atoms with E-state index in [4.69, 9.17) is 34.4 Å². The molecule has 0 radical (unpaired) electrons. The van der Waals surface area contributed by atoms with Crippen molar-refractivity contribution in [2.75, 3.05) is 32.7 Å². The normalized spacial score (nSPS) is 19.1. The second-order valence-electron chi connectivity index (χ2n) is 14.1. The highest BCUT2D eigenvalue weighted by Gasteiger charge is 2.30. The molecule has 3 rings (SSSR count). The summed E-state index contributed by atoms with van der Waals surface area (Å²) in [6.45, 7) is 1.53. The van der Waals surface area contributed by atoms with Gasteiger partial charge in [0.1, 0.15) is 17.8 Å². The lowest BCUT2D eigenvalue weighted by atomic mass is 9.96. The molecule has 17 heteroatoms. The Morgan fingerprint density at radius 3 is 2.31 bits per heavy atom. The Kier molecular flexibility index (Phi) is 19.0. The van der Waals surface area contributed by atoms with E-state index >= 15 is 0 Å². The first-order valence-corrected chi connectivity index (χ1v) is 19.1. The van der Waals surface area contributed by atoms with E-state index in [0.717, 1.165) is 23.1 Å². The van der Waals surface area contributed by atoms with Crippen LogP contribution in [0.4, 0.5) is 0 Å². The summed E-state index contributed by atoms with van der Waals surface area (Å²) in [4.78, 5) is 66.2. The number of aromatic hydroxyl groups is 1. The summed E-state index contributed by atoms with van der Waals surface area (Å²) in [5.41, 5.74) is 38.1. The zero-order valence-electron chi connectivity index (χ0n) is 31.6. The Hall–Kier alpha value is -4.65. The van der Waals surface area contributed by atoms with E-state index in [1.165, 1.54) is 6.07 Å². The SMILES string of the molecule is NCCC[C@H](N)CNC(=O)[C@@H](N)CCCNC(=O)CC(CCN)NC(=O)[C@@H]1Cc2cccc(c2)-c2ccc(O)c(c2)C[C@H](N)C(=O)N[C@@H](CCCN)C(=O)N1. The summed E-state index contributed by atoms with van der Waals surface area (Å²) in [6.07, 6.45) is 3.15. The van der Waals surface area contributed by atoms with Gasteiger partial charge < -0.3 is 66.1 Å². The van der Waals surface area contributed by atoms with Gasteiger partial charge in [-0.25, -0.2) is 0 Å². The first-order chi connectivity index (χ1) is 26.3. The molecule has 1 aliphatic rings. The molecule has 2 aromatic rings. The second-order valence-corrected chi connectivity index (χ2v) is 14.1. The third-order valence-electron chi connectivity index (χ3n) is 9.48. The van der Waals surface area contributed by atoms with Crippen LogP contribution in [-0.2, 0) is 36.8 Å². The number of benzene rings is 2. The number of nitrogens with two attached hydrogens (primary N) is 6. The number of hydrogen-bond donors (Lipinski definition) is 12. The molecule has 0 spiro atoms. The molecule has 1 aliphatic heterocycles. The van der Waals surface area contributed by atoms with Gasteiger partial charge in [-0.15, -0.1) is 0 Å². The lowest BCUT2D eigenvalue weighted by Gasteiger charge is -2.26. The van der Waals surface area contributed by atoms with Crippen LogP contribution in [0, 0.1) is 0 Å². The molecule has 304 valence electrons. The van der Waals surface area contributed by atoms with Crippen molar-refractivity contribution >= 4 is 29.5 Å². The molecule has 18 N–H and O–H groups in total. The number of carbonyl (C=O) groups excluding carboxylic acids is 5. The minimum atomic E-state index is -1.10. The van der Waals surface area contributed by atoms with E-state index in [2.05, 4.69) is 26.6 Å². The van der Waals surface area contributed by atoms with E-state index < -0.39 is 47.9 Å². The van der Waals surface area contributed by atoms with Gasteiger partial charge in [-0.3, -0.25) is 24.0 Å². The third-order valence-corrected chi connectivity index (χ3v) is 9.48. The van der Waals surface area contributed by atoms with Crippen molar-refractivity contribution in [3.05, 3.63) is 53.6 Å². The van der Waals surface area contributed by atoms with Gasteiger partial charge in [0.15, 0.2) is 0 Å². The van der Waals surface area contributed by atoms with E-state index in [1.54, 1.807) is 12.1 Å². The molecule has 0 aliphatic carbocycles. The largest absolute Gasteiger partial charge is 0.508 e. The molecule has 55 heavy (non-hydrogen) atoms. The van der Waals surface area contributed by atoms with E-state index in [0.29, 0.717) is 44.3 Å². The second kappa shape index (κ2) is 23.3. The van der Waals surface area contributed by atoms with Crippen molar-refractivity contribution in [2.24, 2.45) is 34.4 Å². The maximum Gasteiger partial charge on any atom is 0.243 e. The van der Waals surface area contributed by atoms with Crippen molar-refractivity contribution in [1.82, 2.24) is 26.6 Å². The van der Waals surface area contributed by atoms with Crippen LogP contribution in [0.5, 0.6) is 5.75 Å². The Bertz CT molecular complexity index is 1580.